The number of carbonyl (C=O) groups excluding carboxylic acids is 2. The van der Waals surface area contributed by atoms with E-state index >= 15 is 0 Å². The summed E-state index contributed by atoms with van der Waals surface area (Å²) < 4.78 is 10.8. The summed E-state index contributed by atoms with van der Waals surface area (Å²) in [7, 11) is 0. The van der Waals surface area contributed by atoms with E-state index in [1.807, 2.05) is 0 Å². The van der Waals surface area contributed by atoms with Crippen LogP contribution < -0.4 is 15.2 Å². The van der Waals surface area contributed by atoms with E-state index in [4.69, 9.17) is 38.4 Å². The maximum atomic E-state index is 12.4. The fourth-order valence-corrected chi connectivity index (χ4v) is 2.55. The first-order valence-electron chi connectivity index (χ1n) is 6.89. The highest BCUT2D eigenvalue weighted by Gasteiger charge is 2.28. The van der Waals surface area contributed by atoms with E-state index in [1.54, 1.807) is 30.3 Å². The Labute approximate surface area is 147 Å². The number of benzene rings is 2. The Hall–Kier alpha value is -2.50. The van der Waals surface area contributed by atoms with Gasteiger partial charge in [0.25, 0.3) is 5.91 Å². The number of halogens is 2. The average molecular weight is 364 g/mol. The zero-order valence-corrected chi connectivity index (χ0v) is 13.7. The highest BCUT2D eigenvalue weighted by Crippen LogP contribution is 2.36. The molecule has 122 valence electrons. The first-order chi connectivity index (χ1) is 11.5. The van der Waals surface area contributed by atoms with Crippen molar-refractivity contribution in [1.82, 2.24) is 0 Å². The zero-order valence-electron chi connectivity index (χ0n) is 12.2. The van der Waals surface area contributed by atoms with E-state index < -0.39 is 5.91 Å². The molecule has 0 fully saturated rings. The first kappa shape index (κ1) is 16.4. The summed E-state index contributed by atoms with van der Waals surface area (Å²) in [5, 5.41) is 0.723. The van der Waals surface area contributed by atoms with Gasteiger partial charge < -0.3 is 15.2 Å². The molecule has 0 aliphatic carbocycles. The molecule has 3 rings (SSSR count). The molecule has 2 aromatic carbocycles. The van der Waals surface area contributed by atoms with Crippen LogP contribution in [0.2, 0.25) is 10.0 Å². The SMILES string of the molecule is NC(=O)COc1ccc2c(c1)O/C(=C\c1cccc(Cl)c1Cl)C2=O. The molecule has 5 nitrogen and oxygen atoms in total. The van der Waals surface area contributed by atoms with Crippen LogP contribution >= 0.6 is 23.2 Å². The van der Waals surface area contributed by atoms with Gasteiger partial charge in [-0.15, -0.1) is 0 Å². The number of ether oxygens (including phenoxy) is 2. The maximum absolute atomic E-state index is 12.4. The van der Waals surface area contributed by atoms with E-state index in [9.17, 15) is 9.59 Å². The highest BCUT2D eigenvalue weighted by molar-refractivity contribution is 6.43. The fourth-order valence-electron chi connectivity index (χ4n) is 2.18. The number of hydrogen-bond donors (Lipinski definition) is 1. The number of fused-ring (bicyclic) bond motifs is 1. The third kappa shape index (κ3) is 3.22. The molecule has 1 heterocycles. The van der Waals surface area contributed by atoms with Gasteiger partial charge in [0.1, 0.15) is 11.5 Å². The van der Waals surface area contributed by atoms with Crippen molar-refractivity contribution < 1.29 is 19.1 Å². The van der Waals surface area contributed by atoms with Crippen LogP contribution in [0.4, 0.5) is 0 Å². The van der Waals surface area contributed by atoms with Gasteiger partial charge in [0, 0.05) is 6.07 Å². The van der Waals surface area contributed by atoms with Crippen molar-refractivity contribution >= 4 is 41.0 Å². The smallest absolute Gasteiger partial charge is 0.255 e. The molecule has 1 aliphatic heterocycles. The Morgan fingerprint density at radius 3 is 2.79 bits per heavy atom. The third-order valence-electron chi connectivity index (χ3n) is 3.29. The molecule has 2 aromatic rings. The minimum absolute atomic E-state index is 0.126. The molecule has 7 heteroatoms. The zero-order chi connectivity index (χ0) is 17.3. The molecule has 0 saturated heterocycles. The number of ketones is 1. The number of nitrogens with two attached hydrogens (primary N) is 1. The molecule has 2 N–H and O–H groups in total. The van der Waals surface area contributed by atoms with Gasteiger partial charge in [-0.2, -0.15) is 0 Å². The van der Waals surface area contributed by atoms with Gasteiger partial charge in [0.2, 0.25) is 5.78 Å². The van der Waals surface area contributed by atoms with Crippen molar-refractivity contribution in [2.24, 2.45) is 5.73 Å². The van der Waals surface area contributed by atoms with Crippen molar-refractivity contribution in [3.8, 4) is 11.5 Å². The lowest BCUT2D eigenvalue weighted by Gasteiger charge is -2.05. The van der Waals surface area contributed by atoms with E-state index in [-0.39, 0.29) is 18.1 Å². The van der Waals surface area contributed by atoms with Gasteiger partial charge in [0.15, 0.2) is 12.4 Å². The molecule has 0 atom stereocenters. The van der Waals surface area contributed by atoms with Crippen LogP contribution in [0.25, 0.3) is 6.08 Å². The lowest BCUT2D eigenvalue weighted by Crippen LogP contribution is -2.19. The van der Waals surface area contributed by atoms with Crippen LogP contribution in [0.1, 0.15) is 15.9 Å². The number of Topliss-reactive ketones (excluding diaryl/α,β-unsaturated/α-hetero) is 1. The molecule has 24 heavy (non-hydrogen) atoms. The van der Waals surface area contributed by atoms with Gasteiger partial charge in [-0.1, -0.05) is 35.3 Å². The van der Waals surface area contributed by atoms with Gasteiger partial charge in [-0.3, -0.25) is 9.59 Å². The first-order valence-corrected chi connectivity index (χ1v) is 7.64. The fraction of sp³-hybridized carbons (Fsp3) is 0.0588. The Kier molecular flexibility index (Phi) is 4.46. The number of rotatable bonds is 4. The Bertz CT molecular complexity index is 877. The summed E-state index contributed by atoms with van der Waals surface area (Å²) in [6.45, 7) is -0.256. The van der Waals surface area contributed by atoms with Crippen molar-refractivity contribution in [3.05, 3.63) is 63.3 Å². The van der Waals surface area contributed by atoms with E-state index in [0.29, 0.717) is 32.7 Å². The summed E-state index contributed by atoms with van der Waals surface area (Å²) >= 11 is 12.1. The minimum atomic E-state index is -0.594. The van der Waals surface area contributed by atoms with Crippen molar-refractivity contribution in [3.63, 3.8) is 0 Å². The Balaban J connectivity index is 1.89. The standard InChI is InChI=1S/C17H11Cl2NO4/c18-12-3-1-2-9(16(12)19)6-14-17(22)11-5-4-10(7-13(11)24-14)23-8-15(20)21/h1-7H,8H2,(H2,20,21)/b14-6-. The van der Waals surface area contributed by atoms with Crippen LogP contribution in [0.3, 0.4) is 0 Å². The predicted molar refractivity (Wildman–Crippen MR) is 90.5 cm³/mol. The van der Waals surface area contributed by atoms with E-state index in [1.165, 1.54) is 12.1 Å². The second-order valence-corrected chi connectivity index (χ2v) is 5.78. The lowest BCUT2D eigenvalue weighted by atomic mass is 10.1. The summed E-state index contributed by atoms with van der Waals surface area (Å²) in [6, 6.07) is 9.76. The minimum Gasteiger partial charge on any atom is -0.484 e. The topological polar surface area (TPSA) is 78.6 Å². The quantitative estimate of drug-likeness (QED) is 0.843. The second-order valence-electron chi connectivity index (χ2n) is 5.00. The largest absolute Gasteiger partial charge is 0.484 e. The van der Waals surface area contributed by atoms with Crippen LogP contribution in [0.15, 0.2) is 42.2 Å². The molecular weight excluding hydrogens is 353 g/mol. The van der Waals surface area contributed by atoms with Gasteiger partial charge in [0.05, 0.1) is 15.6 Å². The number of amides is 1. The molecule has 0 saturated carbocycles. The van der Waals surface area contributed by atoms with Crippen LogP contribution in [-0.4, -0.2) is 18.3 Å². The molecule has 0 spiro atoms. The van der Waals surface area contributed by atoms with Crippen molar-refractivity contribution in [2.75, 3.05) is 6.61 Å². The predicted octanol–water partition coefficient (Wildman–Crippen LogP) is 3.47. The summed E-state index contributed by atoms with van der Waals surface area (Å²) in [5.74, 6) is -0.0267. The van der Waals surface area contributed by atoms with Gasteiger partial charge >= 0.3 is 0 Å². The summed E-state index contributed by atoms with van der Waals surface area (Å²) in [6.07, 6.45) is 1.53. The number of carbonyl (C=O) groups is 2. The molecule has 0 bridgehead atoms. The highest BCUT2D eigenvalue weighted by atomic mass is 35.5. The summed E-state index contributed by atoms with van der Waals surface area (Å²) in [5.41, 5.74) is 6.00. The molecule has 1 amide bonds. The maximum Gasteiger partial charge on any atom is 0.255 e. The molecule has 1 aliphatic rings. The van der Waals surface area contributed by atoms with Crippen molar-refractivity contribution in [2.45, 2.75) is 0 Å². The van der Waals surface area contributed by atoms with Crippen LogP contribution in [0, 0.1) is 0 Å². The van der Waals surface area contributed by atoms with Gasteiger partial charge in [-0.25, -0.2) is 0 Å². The Morgan fingerprint density at radius 2 is 2.04 bits per heavy atom. The lowest BCUT2D eigenvalue weighted by molar-refractivity contribution is -0.119. The third-order valence-corrected chi connectivity index (χ3v) is 4.12. The molecular formula is C17H11Cl2NO4. The van der Waals surface area contributed by atoms with E-state index in [0.717, 1.165) is 0 Å². The van der Waals surface area contributed by atoms with Gasteiger partial charge in [-0.05, 0) is 29.8 Å². The average Bonchev–Trinajstić information content (AvgIpc) is 2.85. The normalized spacial score (nSPS) is 14.4. The molecule has 0 aromatic heterocycles. The van der Waals surface area contributed by atoms with Crippen LogP contribution in [0.5, 0.6) is 11.5 Å². The monoisotopic (exact) mass is 363 g/mol. The molecule has 0 radical (unpaired) electrons. The second kappa shape index (κ2) is 6.55. The number of primary amides is 1. The van der Waals surface area contributed by atoms with Crippen LogP contribution in [-0.2, 0) is 4.79 Å². The Morgan fingerprint density at radius 1 is 1.25 bits per heavy atom. The number of allylic oxidation sites excluding steroid dienone is 1. The molecule has 0 unspecified atom stereocenters. The summed E-state index contributed by atoms with van der Waals surface area (Å²) in [4.78, 5) is 23.1. The number of hydrogen-bond acceptors (Lipinski definition) is 4. The van der Waals surface area contributed by atoms with E-state index in [2.05, 4.69) is 0 Å². The van der Waals surface area contributed by atoms with Crippen molar-refractivity contribution in [1.29, 1.82) is 0 Å².